The SMILES string of the molecule is CCCON=C(C=O)c1ccco1. The quantitative estimate of drug-likeness (QED) is 0.300. The van der Waals surface area contributed by atoms with E-state index in [9.17, 15) is 4.79 Å². The molecule has 0 saturated carbocycles. The van der Waals surface area contributed by atoms with Crippen molar-refractivity contribution in [3.63, 3.8) is 0 Å². The Labute approximate surface area is 76.2 Å². The van der Waals surface area contributed by atoms with Gasteiger partial charge in [0.15, 0.2) is 17.8 Å². The summed E-state index contributed by atoms with van der Waals surface area (Å²) >= 11 is 0. The van der Waals surface area contributed by atoms with Gasteiger partial charge in [-0.1, -0.05) is 12.1 Å². The summed E-state index contributed by atoms with van der Waals surface area (Å²) < 4.78 is 4.98. The lowest BCUT2D eigenvalue weighted by Crippen LogP contribution is -2.02. The molecule has 0 atom stereocenters. The number of furan rings is 1. The zero-order chi connectivity index (χ0) is 9.52. The molecule has 4 heteroatoms. The second-order valence-electron chi connectivity index (χ2n) is 2.40. The van der Waals surface area contributed by atoms with Gasteiger partial charge in [0, 0.05) is 0 Å². The van der Waals surface area contributed by atoms with Gasteiger partial charge >= 0.3 is 0 Å². The third kappa shape index (κ3) is 2.74. The first-order chi connectivity index (χ1) is 6.38. The average molecular weight is 181 g/mol. The van der Waals surface area contributed by atoms with Crippen molar-refractivity contribution in [2.45, 2.75) is 13.3 Å². The summed E-state index contributed by atoms with van der Waals surface area (Å²) in [5, 5.41) is 3.63. The minimum absolute atomic E-state index is 0.179. The van der Waals surface area contributed by atoms with Crippen molar-refractivity contribution >= 4 is 12.0 Å². The second kappa shape index (κ2) is 5.13. The Morgan fingerprint density at radius 1 is 1.77 bits per heavy atom. The maximum Gasteiger partial charge on any atom is 0.184 e. The molecule has 1 heterocycles. The van der Waals surface area contributed by atoms with E-state index in [-0.39, 0.29) is 5.71 Å². The predicted molar refractivity (Wildman–Crippen MR) is 47.6 cm³/mol. The number of hydrogen-bond donors (Lipinski definition) is 0. The van der Waals surface area contributed by atoms with Crippen LogP contribution in [0.4, 0.5) is 0 Å². The van der Waals surface area contributed by atoms with E-state index < -0.39 is 0 Å². The first kappa shape index (κ1) is 9.51. The highest BCUT2D eigenvalue weighted by molar-refractivity contribution is 6.35. The Bertz CT molecular complexity index is 277. The van der Waals surface area contributed by atoms with Gasteiger partial charge in [-0.15, -0.1) is 0 Å². The molecule has 0 aromatic carbocycles. The normalized spacial score (nSPS) is 11.3. The molecule has 0 fully saturated rings. The van der Waals surface area contributed by atoms with E-state index in [1.54, 1.807) is 12.1 Å². The number of carbonyl (C=O) groups excluding carboxylic acids is 1. The van der Waals surface area contributed by atoms with Gasteiger partial charge in [0.05, 0.1) is 6.26 Å². The molecule has 0 aliphatic heterocycles. The van der Waals surface area contributed by atoms with E-state index in [1.165, 1.54) is 6.26 Å². The highest BCUT2D eigenvalue weighted by Crippen LogP contribution is 2.01. The van der Waals surface area contributed by atoms with Gasteiger partial charge in [0.25, 0.3) is 0 Å². The molecule has 0 aliphatic carbocycles. The summed E-state index contributed by atoms with van der Waals surface area (Å²) in [4.78, 5) is 15.4. The summed E-state index contributed by atoms with van der Waals surface area (Å²) in [6.07, 6.45) is 2.94. The number of rotatable bonds is 5. The van der Waals surface area contributed by atoms with Crippen LogP contribution in [-0.4, -0.2) is 18.6 Å². The monoisotopic (exact) mass is 181 g/mol. The number of hydrogen-bond acceptors (Lipinski definition) is 4. The standard InChI is InChI=1S/C9H11NO3/c1-2-5-13-10-8(7-11)9-4-3-6-12-9/h3-4,6-7H,2,5H2,1H3. The maximum absolute atomic E-state index is 10.5. The Hall–Kier alpha value is -1.58. The van der Waals surface area contributed by atoms with Gasteiger partial charge in [-0.3, -0.25) is 4.79 Å². The number of oxime groups is 1. The third-order valence-electron chi connectivity index (χ3n) is 1.34. The molecule has 13 heavy (non-hydrogen) atoms. The number of nitrogens with zero attached hydrogens (tertiary/aromatic N) is 1. The minimum atomic E-state index is 0.179. The van der Waals surface area contributed by atoms with E-state index >= 15 is 0 Å². The molecule has 0 saturated heterocycles. The summed E-state index contributed by atoms with van der Waals surface area (Å²) in [5.41, 5.74) is 0.179. The van der Waals surface area contributed by atoms with Crippen molar-refractivity contribution in [3.8, 4) is 0 Å². The largest absolute Gasteiger partial charge is 0.462 e. The Morgan fingerprint density at radius 2 is 2.62 bits per heavy atom. The van der Waals surface area contributed by atoms with Crippen LogP contribution in [-0.2, 0) is 9.63 Å². The van der Waals surface area contributed by atoms with Crippen LogP contribution >= 0.6 is 0 Å². The zero-order valence-electron chi connectivity index (χ0n) is 7.40. The van der Waals surface area contributed by atoms with Crippen molar-refractivity contribution in [2.24, 2.45) is 5.16 Å². The number of aldehydes is 1. The van der Waals surface area contributed by atoms with E-state index in [1.807, 2.05) is 6.92 Å². The van der Waals surface area contributed by atoms with E-state index in [0.717, 1.165) is 6.42 Å². The highest BCUT2D eigenvalue weighted by atomic mass is 16.6. The van der Waals surface area contributed by atoms with Gasteiger partial charge in [0.1, 0.15) is 6.61 Å². The Balaban J connectivity index is 2.62. The molecule has 0 N–H and O–H groups in total. The smallest absolute Gasteiger partial charge is 0.184 e. The molecule has 0 unspecified atom stereocenters. The molecule has 1 rings (SSSR count). The van der Waals surface area contributed by atoms with Crippen LogP contribution in [0.5, 0.6) is 0 Å². The Morgan fingerprint density at radius 3 is 3.15 bits per heavy atom. The van der Waals surface area contributed by atoms with Crippen LogP contribution in [0.1, 0.15) is 19.1 Å². The summed E-state index contributed by atoms with van der Waals surface area (Å²) in [5.74, 6) is 0.422. The third-order valence-corrected chi connectivity index (χ3v) is 1.34. The topological polar surface area (TPSA) is 51.8 Å². The van der Waals surface area contributed by atoms with Crippen LogP contribution in [0.2, 0.25) is 0 Å². The molecular weight excluding hydrogens is 170 g/mol. The van der Waals surface area contributed by atoms with Gasteiger partial charge in [0.2, 0.25) is 0 Å². The van der Waals surface area contributed by atoms with Crippen molar-refractivity contribution < 1.29 is 14.0 Å². The van der Waals surface area contributed by atoms with Crippen molar-refractivity contribution in [1.29, 1.82) is 0 Å². The van der Waals surface area contributed by atoms with Crippen LogP contribution in [0.15, 0.2) is 28.0 Å². The second-order valence-corrected chi connectivity index (χ2v) is 2.40. The predicted octanol–water partition coefficient (Wildman–Crippen LogP) is 1.61. The average Bonchev–Trinajstić information content (AvgIpc) is 2.65. The van der Waals surface area contributed by atoms with E-state index in [2.05, 4.69) is 5.16 Å². The van der Waals surface area contributed by atoms with Crippen molar-refractivity contribution in [1.82, 2.24) is 0 Å². The summed E-state index contributed by atoms with van der Waals surface area (Å²) in [6, 6.07) is 3.34. The van der Waals surface area contributed by atoms with Crippen LogP contribution in [0.25, 0.3) is 0 Å². The van der Waals surface area contributed by atoms with Crippen LogP contribution in [0, 0.1) is 0 Å². The molecule has 1 aromatic heterocycles. The Kier molecular flexibility index (Phi) is 3.75. The van der Waals surface area contributed by atoms with Gasteiger partial charge < -0.3 is 9.25 Å². The van der Waals surface area contributed by atoms with Crippen molar-refractivity contribution in [2.75, 3.05) is 6.61 Å². The van der Waals surface area contributed by atoms with E-state index in [0.29, 0.717) is 18.7 Å². The molecule has 0 bridgehead atoms. The van der Waals surface area contributed by atoms with Gasteiger partial charge in [-0.2, -0.15) is 0 Å². The molecule has 0 spiro atoms. The lowest BCUT2D eigenvalue weighted by molar-refractivity contribution is -0.102. The summed E-state index contributed by atoms with van der Waals surface area (Å²) in [6.45, 7) is 2.46. The number of carbonyl (C=O) groups is 1. The summed E-state index contributed by atoms with van der Waals surface area (Å²) in [7, 11) is 0. The van der Waals surface area contributed by atoms with Crippen LogP contribution in [0.3, 0.4) is 0 Å². The van der Waals surface area contributed by atoms with Crippen molar-refractivity contribution in [3.05, 3.63) is 24.2 Å². The first-order valence-corrected chi connectivity index (χ1v) is 4.07. The lowest BCUT2D eigenvalue weighted by Gasteiger charge is -1.95. The van der Waals surface area contributed by atoms with Crippen LogP contribution < -0.4 is 0 Å². The fourth-order valence-electron chi connectivity index (χ4n) is 0.755. The highest BCUT2D eigenvalue weighted by Gasteiger charge is 2.04. The molecule has 70 valence electrons. The maximum atomic E-state index is 10.5. The fraction of sp³-hybridized carbons (Fsp3) is 0.333. The molecule has 1 aromatic rings. The lowest BCUT2D eigenvalue weighted by atomic mass is 10.3. The fourth-order valence-corrected chi connectivity index (χ4v) is 0.755. The molecular formula is C9H11NO3. The zero-order valence-corrected chi connectivity index (χ0v) is 7.40. The molecule has 4 nitrogen and oxygen atoms in total. The first-order valence-electron chi connectivity index (χ1n) is 4.07. The molecule has 0 radical (unpaired) electrons. The van der Waals surface area contributed by atoms with E-state index in [4.69, 9.17) is 9.25 Å². The molecule has 0 amide bonds. The van der Waals surface area contributed by atoms with Gasteiger partial charge in [-0.25, -0.2) is 0 Å². The molecule has 0 aliphatic rings. The minimum Gasteiger partial charge on any atom is -0.462 e. The van der Waals surface area contributed by atoms with Gasteiger partial charge in [-0.05, 0) is 18.6 Å².